The molecule has 2 unspecified atom stereocenters. The van der Waals surface area contributed by atoms with E-state index in [1.807, 2.05) is 13.0 Å². The standard InChI is InChI=1S/C16H26ClNO/c1-5-11(4)14-9-12(8-13(18)6-2)10-15(17)16(14)19-7-3/h9-11,13H,5-8,18H2,1-4H3. The second-order valence-corrected chi connectivity index (χ2v) is 5.52. The largest absolute Gasteiger partial charge is 0.492 e. The van der Waals surface area contributed by atoms with Crippen molar-refractivity contribution in [2.45, 2.75) is 58.9 Å². The van der Waals surface area contributed by atoms with Gasteiger partial charge >= 0.3 is 0 Å². The maximum atomic E-state index is 6.38. The molecule has 0 amide bonds. The molecular formula is C16H26ClNO. The Balaban J connectivity index is 3.14. The molecule has 0 bridgehead atoms. The molecule has 2 N–H and O–H groups in total. The van der Waals surface area contributed by atoms with Gasteiger partial charge in [-0.05, 0) is 49.3 Å². The maximum Gasteiger partial charge on any atom is 0.141 e. The predicted octanol–water partition coefficient (Wildman–Crippen LogP) is 4.53. The minimum Gasteiger partial charge on any atom is -0.492 e. The van der Waals surface area contributed by atoms with Crippen LogP contribution in [0.2, 0.25) is 5.02 Å². The molecule has 0 spiro atoms. The maximum absolute atomic E-state index is 6.38. The summed E-state index contributed by atoms with van der Waals surface area (Å²) < 4.78 is 5.71. The average Bonchev–Trinajstić information content (AvgIpc) is 2.40. The fourth-order valence-corrected chi connectivity index (χ4v) is 2.42. The lowest BCUT2D eigenvalue weighted by Gasteiger charge is -2.19. The molecule has 1 rings (SSSR count). The van der Waals surface area contributed by atoms with E-state index in [0.29, 0.717) is 17.5 Å². The van der Waals surface area contributed by atoms with Crippen molar-refractivity contribution in [3.8, 4) is 5.75 Å². The van der Waals surface area contributed by atoms with E-state index in [1.165, 1.54) is 11.1 Å². The Morgan fingerprint density at radius 1 is 1.21 bits per heavy atom. The van der Waals surface area contributed by atoms with Crippen LogP contribution in [0.25, 0.3) is 0 Å². The van der Waals surface area contributed by atoms with E-state index in [4.69, 9.17) is 22.1 Å². The van der Waals surface area contributed by atoms with E-state index < -0.39 is 0 Å². The summed E-state index contributed by atoms with van der Waals surface area (Å²) >= 11 is 6.38. The SMILES string of the molecule is CCOc1c(Cl)cc(CC(N)CC)cc1C(C)CC. The lowest BCUT2D eigenvalue weighted by Crippen LogP contribution is -2.21. The number of hydrogen-bond acceptors (Lipinski definition) is 2. The minimum atomic E-state index is 0.193. The first-order valence-electron chi connectivity index (χ1n) is 7.24. The lowest BCUT2D eigenvalue weighted by atomic mass is 9.93. The molecule has 2 atom stereocenters. The van der Waals surface area contributed by atoms with E-state index in [1.54, 1.807) is 0 Å². The summed E-state index contributed by atoms with van der Waals surface area (Å²) in [7, 11) is 0. The Hall–Kier alpha value is -0.730. The Labute approximate surface area is 122 Å². The summed E-state index contributed by atoms with van der Waals surface area (Å²) in [6, 6.07) is 4.40. The Morgan fingerprint density at radius 2 is 1.89 bits per heavy atom. The number of benzene rings is 1. The van der Waals surface area contributed by atoms with Crippen LogP contribution in [0.1, 0.15) is 57.6 Å². The van der Waals surface area contributed by atoms with Gasteiger partial charge in [0.05, 0.1) is 11.6 Å². The fourth-order valence-electron chi connectivity index (χ4n) is 2.12. The first-order chi connectivity index (χ1) is 9.03. The van der Waals surface area contributed by atoms with Crippen molar-refractivity contribution in [1.29, 1.82) is 0 Å². The van der Waals surface area contributed by atoms with Crippen LogP contribution < -0.4 is 10.5 Å². The summed E-state index contributed by atoms with van der Waals surface area (Å²) in [4.78, 5) is 0. The molecule has 1 aromatic carbocycles. The van der Waals surface area contributed by atoms with Crippen LogP contribution in [0.15, 0.2) is 12.1 Å². The van der Waals surface area contributed by atoms with Crippen molar-refractivity contribution in [3.63, 3.8) is 0 Å². The van der Waals surface area contributed by atoms with Gasteiger partial charge in [-0.2, -0.15) is 0 Å². The van der Waals surface area contributed by atoms with Gasteiger partial charge < -0.3 is 10.5 Å². The number of ether oxygens (including phenoxy) is 1. The van der Waals surface area contributed by atoms with Crippen molar-refractivity contribution in [3.05, 3.63) is 28.3 Å². The van der Waals surface area contributed by atoms with E-state index in [0.717, 1.165) is 25.0 Å². The molecule has 0 aliphatic heterocycles. The summed E-state index contributed by atoms with van der Waals surface area (Å²) in [6.07, 6.45) is 2.91. The van der Waals surface area contributed by atoms with Gasteiger partial charge in [0, 0.05) is 6.04 Å². The predicted molar refractivity (Wildman–Crippen MR) is 83.3 cm³/mol. The summed E-state index contributed by atoms with van der Waals surface area (Å²) in [5, 5.41) is 0.706. The van der Waals surface area contributed by atoms with E-state index in [-0.39, 0.29) is 6.04 Å². The van der Waals surface area contributed by atoms with Gasteiger partial charge in [0.1, 0.15) is 5.75 Å². The third-order valence-electron chi connectivity index (χ3n) is 3.59. The first kappa shape index (κ1) is 16.3. The van der Waals surface area contributed by atoms with Crippen LogP contribution in [0.3, 0.4) is 0 Å². The molecule has 0 heterocycles. The highest BCUT2D eigenvalue weighted by Crippen LogP contribution is 2.36. The molecule has 2 nitrogen and oxygen atoms in total. The van der Waals surface area contributed by atoms with Crippen LogP contribution in [-0.4, -0.2) is 12.6 Å². The monoisotopic (exact) mass is 283 g/mol. The van der Waals surface area contributed by atoms with Gasteiger partial charge in [-0.1, -0.05) is 38.4 Å². The molecule has 19 heavy (non-hydrogen) atoms. The molecule has 0 aliphatic carbocycles. The van der Waals surface area contributed by atoms with Gasteiger partial charge in [-0.3, -0.25) is 0 Å². The highest BCUT2D eigenvalue weighted by molar-refractivity contribution is 6.32. The molecule has 3 heteroatoms. The molecule has 0 aliphatic rings. The normalized spacial score (nSPS) is 14.2. The number of hydrogen-bond donors (Lipinski definition) is 1. The van der Waals surface area contributed by atoms with Crippen molar-refractivity contribution < 1.29 is 4.74 Å². The zero-order valence-electron chi connectivity index (χ0n) is 12.5. The highest BCUT2D eigenvalue weighted by Gasteiger charge is 2.16. The van der Waals surface area contributed by atoms with Crippen molar-refractivity contribution >= 4 is 11.6 Å². The van der Waals surface area contributed by atoms with Crippen LogP contribution in [-0.2, 0) is 6.42 Å². The zero-order chi connectivity index (χ0) is 14.4. The summed E-state index contributed by atoms with van der Waals surface area (Å²) in [6.45, 7) is 9.11. The number of nitrogens with two attached hydrogens (primary N) is 1. The van der Waals surface area contributed by atoms with Crippen molar-refractivity contribution in [2.24, 2.45) is 5.73 Å². The first-order valence-corrected chi connectivity index (χ1v) is 7.61. The highest BCUT2D eigenvalue weighted by atomic mass is 35.5. The smallest absolute Gasteiger partial charge is 0.141 e. The Bertz CT molecular complexity index is 406. The van der Waals surface area contributed by atoms with Gasteiger partial charge in [-0.15, -0.1) is 0 Å². The van der Waals surface area contributed by atoms with E-state index in [9.17, 15) is 0 Å². The molecule has 0 saturated carbocycles. The van der Waals surface area contributed by atoms with Gasteiger partial charge in [-0.25, -0.2) is 0 Å². The van der Waals surface area contributed by atoms with E-state index >= 15 is 0 Å². The van der Waals surface area contributed by atoms with E-state index in [2.05, 4.69) is 26.8 Å². The van der Waals surface area contributed by atoms with Crippen LogP contribution in [0.5, 0.6) is 5.75 Å². The molecule has 1 aromatic rings. The Kier molecular flexibility index (Phi) is 6.67. The van der Waals surface area contributed by atoms with Crippen molar-refractivity contribution in [2.75, 3.05) is 6.61 Å². The molecule has 0 aromatic heterocycles. The average molecular weight is 284 g/mol. The second kappa shape index (κ2) is 7.76. The zero-order valence-corrected chi connectivity index (χ0v) is 13.3. The molecule has 0 radical (unpaired) electrons. The molecule has 0 saturated heterocycles. The molecular weight excluding hydrogens is 258 g/mol. The van der Waals surface area contributed by atoms with Crippen molar-refractivity contribution in [1.82, 2.24) is 0 Å². The number of rotatable bonds is 7. The summed E-state index contributed by atoms with van der Waals surface area (Å²) in [5.74, 6) is 1.28. The van der Waals surface area contributed by atoms with Gasteiger partial charge in [0.25, 0.3) is 0 Å². The summed E-state index contributed by atoms with van der Waals surface area (Å²) in [5.41, 5.74) is 8.45. The fraction of sp³-hybridized carbons (Fsp3) is 0.625. The van der Waals surface area contributed by atoms with Gasteiger partial charge in [0.2, 0.25) is 0 Å². The molecule has 108 valence electrons. The van der Waals surface area contributed by atoms with Gasteiger partial charge in [0.15, 0.2) is 0 Å². The van der Waals surface area contributed by atoms with Crippen LogP contribution in [0, 0.1) is 0 Å². The Morgan fingerprint density at radius 3 is 2.42 bits per heavy atom. The quantitative estimate of drug-likeness (QED) is 0.798. The lowest BCUT2D eigenvalue weighted by molar-refractivity contribution is 0.334. The second-order valence-electron chi connectivity index (χ2n) is 5.11. The number of halogens is 1. The molecule has 0 fully saturated rings. The topological polar surface area (TPSA) is 35.2 Å². The third-order valence-corrected chi connectivity index (χ3v) is 3.87. The minimum absolute atomic E-state index is 0.193. The van der Waals surface area contributed by atoms with Crippen LogP contribution in [0.4, 0.5) is 0 Å². The van der Waals surface area contributed by atoms with Crippen LogP contribution >= 0.6 is 11.6 Å². The third kappa shape index (κ3) is 4.39.